The fourth-order valence-electron chi connectivity index (χ4n) is 1.64. The molecule has 2 aromatic rings. The molecular formula is C12H9NaO5S. The van der Waals surface area contributed by atoms with Crippen molar-refractivity contribution in [2.45, 2.75) is 0 Å². The third kappa shape index (κ3) is 2.92. The molecule has 0 radical (unpaired) electrons. The van der Waals surface area contributed by atoms with Gasteiger partial charge in [-0.1, -0.05) is 0 Å². The van der Waals surface area contributed by atoms with Crippen LogP contribution in [0.2, 0.25) is 0 Å². The van der Waals surface area contributed by atoms with Gasteiger partial charge in [-0.3, -0.25) is 4.79 Å². The van der Waals surface area contributed by atoms with Crippen LogP contribution in [-0.2, 0) is 0 Å². The number of ether oxygens (including phenoxy) is 2. The molecule has 94 valence electrons. The summed E-state index contributed by atoms with van der Waals surface area (Å²) in [7, 11) is 2.89. The minimum atomic E-state index is -1.39. The molecule has 0 fully saturated rings. The Kier molecular flexibility index (Phi) is 5.37. The maximum atomic E-state index is 11.9. The molecule has 0 unspecified atom stereocenters. The van der Waals surface area contributed by atoms with Crippen molar-refractivity contribution in [3.63, 3.8) is 0 Å². The van der Waals surface area contributed by atoms with E-state index in [0.717, 1.165) is 17.4 Å². The Labute approximate surface area is 135 Å². The zero-order valence-corrected chi connectivity index (χ0v) is 13.5. The van der Waals surface area contributed by atoms with Gasteiger partial charge in [0.2, 0.25) is 0 Å². The summed E-state index contributed by atoms with van der Waals surface area (Å²) in [4.78, 5) is 22.6. The molecule has 1 aromatic carbocycles. The summed E-state index contributed by atoms with van der Waals surface area (Å²) in [6.45, 7) is 0. The first kappa shape index (κ1) is 16.0. The first-order valence-corrected chi connectivity index (χ1v) is 5.80. The van der Waals surface area contributed by atoms with Gasteiger partial charge in [0.1, 0.15) is 11.5 Å². The minimum absolute atomic E-state index is 0. The second-order valence-corrected chi connectivity index (χ2v) is 4.49. The minimum Gasteiger partial charge on any atom is -0.544 e. The van der Waals surface area contributed by atoms with Crippen LogP contribution in [0.1, 0.15) is 9.67 Å². The predicted octanol–water partition coefficient (Wildman–Crippen LogP) is -2.35. The van der Waals surface area contributed by atoms with Gasteiger partial charge >= 0.3 is 29.6 Å². The third-order valence-corrected chi connectivity index (χ3v) is 3.56. The van der Waals surface area contributed by atoms with E-state index in [1.165, 1.54) is 14.2 Å². The number of carbonyl (C=O) groups excluding carboxylic acids is 1. The molecule has 0 aliphatic heterocycles. The van der Waals surface area contributed by atoms with Crippen molar-refractivity contribution in [2.24, 2.45) is 0 Å². The summed E-state index contributed by atoms with van der Waals surface area (Å²) in [6.07, 6.45) is 0. The molecule has 0 aliphatic carbocycles. The summed E-state index contributed by atoms with van der Waals surface area (Å²) < 4.78 is 10.6. The average Bonchev–Trinajstić information content (AvgIpc) is 2.37. The first-order chi connectivity index (χ1) is 8.58. The summed E-state index contributed by atoms with van der Waals surface area (Å²) >= 11 is 0.923. The molecular weight excluding hydrogens is 279 g/mol. The third-order valence-electron chi connectivity index (χ3n) is 2.44. The Morgan fingerprint density at radius 3 is 2.32 bits per heavy atom. The number of rotatable bonds is 3. The Morgan fingerprint density at radius 1 is 1.21 bits per heavy atom. The molecule has 0 saturated heterocycles. The molecule has 0 saturated carbocycles. The number of fused-ring (bicyclic) bond motifs is 1. The summed E-state index contributed by atoms with van der Waals surface area (Å²) in [5.41, 5.74) is -0.432. The molecule has 0 N–H and O–H groups in total. The number of benzene rings is 1. The van der Waals surface area contributed by atoms with E-state index in [1.54, 1.807) is 12.1 Å². The van der Waals surface area contributed by atoms with E-state index in [-0.39, 0.29) is 34.4 Å². The number of carboxylic acids is 1. The summed E-state index contributed by atoms with van der Waals surface area (Å²) in [5, 5.41) is 11.2. The van der Waals surface area contributed by atoms with Gasteiger partial charge < -0.3 is 19.4 Å². The van der Waals surface area contributed by atoms with E-state index in [4.69, 9.17) is 9.47 Å². The van der Waals surface area contributed by atoms with Gasteiger partial charge in [-0.05, 0) is 12.1 Å². The van der Waals surface area contributed by atoms with E-state index in [2.05, 4.69) is 0 Å². The summed E-state index contributed by atoms with van der Waals surface area (Å²) in [5.74, 6) is -0.572. The first-order valence-electron chi connectivity index (χ1n) is 4.98. The van der Waals surface area contributed by atoms with Crippen LogP contribution in [-0.4, -0.2) is 20.2 Å². The molecule has 0 bridgehead atoms. The van der Waals surface area contributed by atoms with E-state index < -0.39 is 11.4 Å². The van der Waals surface area contributed by atoms with Gasteiger partial charge in [0.25, 0.3) is 0 Å². The average molecular weight is 288 g/mol. The van der Waals surface area contributed by atoms with Crippen LogP contribution in [0.3, 0.4) is 0 Å². The van der Waals surface area contributed by atoms with Gasteiger partial charge in [-0.2, -0.15) is 0 Å². The number of methoxy groups -OCH3 is 2. The van der Waals surface area contributed by atoms with Crippen LogP contribution in [0.15, 0.2) is 23.0 Å². The quantitative estimate of drug-likeness (QED) is 0.591. The van der Waals surface area contributed by atoms with Gasteiger partial charge in [-0.15, -0.1) is 11.3 Å². The van der Waals surface area contributed by atoms with Gasteiger partial charge in [0, 0.05) is 6.07 Å². The van der Waals surface area contributed by atoms with E-state index in [9.17, 15) is 14.7 Å². The monoisotopic (exact) mass is 288 g/mol. The van der Waals surface area contributed by atoms with Crippen LogP contribution >= 0.6 is 11.3 Å². The molecule has 0 aliphatic rings. The Bertz CT molecular complexity index is 680. The topological polar surface area (TPSA) is 75.7 Å². The molecule has 19 heavy (non-hydrogen) atoms. The van der Waals surface area contributed by atoms with Gasteiger partial charge in [0.15, 0.2) is 5.43 Å². The maximum Gasteiger partial charge on any atom is 1.00 e. The van der Waals surface area contributed by atoms with E-state index >= 15 is 0 Å². The largest absolute Gasteiger partial charge is 1.00 e. The van der Waals surface area contributed by atoms with Gasteiger partial charge in [-0.25, -0.2) is 0 Å². The fraction of sp³-hybridized carbons (Fsp3) is 0.167. The van der Waals surface area contributed by atoms with E-state index in [0.29, 0.717) is 21.6 Å². The van der Waals surface area contributed by atoms with Crippen molar-refractivity contribution >= 4 is 27.4 Å². The van der Waals surface area contributed by atoms with Crippen LogP contribution in [0.4, 0.5) is 0 Å². The van der Waals surface area contributed by atoms with Crippen molar-refractivity contribution in [1.29, 1.82) is 0 Å². The van der Waals surface area contributed by atoms with Crippen molar-refractivity contribution in [2.75, 3.05) is 14.2 Å². The Balaban J connectivity index is 0.00000180. The zero-order chi connectivity index (χ0) is 13.3. The number of hydrogen-bond acceptors (Lipinski definition) is 6. The molecule has 0 atom stereocenters. The molecule has 0 spiro atoms. The summed E-state index contributed by atoms with van der Waals surface area (Å²) in [6, 6.07) is 4.26. The molecule has 7 heteroatoms. The van der Waals surface area contributed by atoms with Gasteiger partial charge in [0.05, 0.1) is 35.2 Å². The second kappa shape index (κ2) is 6.38. The number of aromatic carboxylic acids is 1. The second-order valence-electron chi connectivity index (χ2n) is 3.44. The Hall–Kier alpha value is -1.08. The predicted molar refractivity (Wildman–Crippen MR) is 65.5 cm³/mol. The van der Waals surface area contributed by atoms with Crippen LogP contribution in [0.5, 0.6) is 11.5 Å². The number of carboxylic acid groups (broad SMARTS) is 1. The van der Waals surface area contributed by atoms with Crippen LogP contribution in [0.25, 0.3) is 10.1 Å². The normalized spacial score (nSPS) is 9.79. The number of hydrogen-bond donors (Lipinski definition) is 0. The molecule has 2 rings (SSSR count). The molecule has 0 amide bonds. The standard InChI is InChI=1S/C12H10O5S.Na/c1-16-7-3-4-8(17-2)11-10(7)6(13)5-9(18-11)12(14)15;/h3-5H,1-2H3,(H,14,15);/q;+1/p-1. The Morgan fingerprint density at radius 2 is 1.79 bits per heavy atom. The number of carbonyl (C=O) groups is 1. The zero-order valence-electron chi connectivity index (χ0n) is 10.7. The SMILES string of the molecule is COc1ccc(OC)c2c(=O)cc(C(=O)[O-])sc12.[Na+]. The maximum absolute atomic E-state index is 11.9. The van der Waals surface area contributed by atoms with E-state index in [1.807, 2.05) is 0 Å². The van der Waals surface area contributed by atoms with Crippen LogP contribution in [0, 0.1) is 0 Å². The van der Waals surface area contributed by atoms with Crippen molar-refractivity contribution in [3.8, 4) is 11.5 Å². The van der Waals surface area contributed by atoms with Crippen molar-refractivity contribution in [1.82, 2.24) is 0 Å². The smallest absolute Gasteiger partial charge is 0.544 e. The molecule has 1 aromatic heterocycles. The van der Waals surface area contributed by atoms with Crippen molar-refractivity contribution in [3.05, 3.63) is 33.3 Å². The van der Waals surface area contributed by atoms with Crippen LogP contribution < -0.4 is 49.6 Å². The van der Waals surface area contributed by atoms with Crippen molar-refractivity contribution < 1.29 is 48.9 Å². The molecule has 1 heterocycles. The molecule has 5 nitrogen and oxygen atoms in total. The fourth-order valence-corrected chi connectivity index (χ4v) is 2.67.